The van der Waals surface area contributed by atoms with Gasteiger partial charge in [-0.3, -0.25) is 4.79 Å². The Morgan fingerprint density at radius 3 is 2.41 bits per heavy atom. The summed E-state index contributed by atoms with van der Waals surface area (Å²) >= 11 is 0. The summed E-state index contributed by atoms with van der Waals surface area (Å²) in [6.07, 6.45) is 3.34. The van der Waals surface area contributed by atoms with Crippen molar-refractivity contribution in [3.8, 4) is 5.75 Å². The Kier molecular flexibility index (Phi) is 8.67. The second kappa shape index (κ2) is 11.4. The van der Waals surface area contributed by atoms with Crippen molar-refractivity contribution in [1.29, 1.82) is 0 Å². The minimum Gasteiger partial charge on any atom is -0.495 e. The Bertz CT molecular complexity index is 989. The molecular weight excluding hydrogens is 428 g/mol. The van der Waals surface area contributed by atoms with Gasteiger partial charge in [-0.15, -0.1) is 0 Å². The van der Waals surface area contributed by atoms with Gasteiger partial charge in [0.1, 0.15) is 10.6 Å². The van der Waals surface area contributed by atoms with Crippen LogP contribution in [0.25, 0.3) is 0 Å². The van der Waals surface area contributed by atoms with Crippen LogP contribution in [0.4, 0.5) is 0 Å². The summed E-state index contributed by atoms with van der Waals surface area (Å²) in [7, 11) is -0.683. The van der Waals surface area contributed by atoms with E-state index in [4.69, 9.17) is 9.47 Å². The molecular formula is C24H32N2O5S. The molecule has 3 rings (SSSR count). The van der Waals surface area contributed by atoms with Gasteiger partial charge in [0.2, 0.25) is 10.0 Å². The molecule has 32 heavy (non-hydrogen) atoms. The van der Waals surface area contributed by atoms with Gasteiger partial charge in [-0.05, 0) is 49.4 Å². The quantitative estimate of drug-likeness (QED) is 0.515. The summed E-state index contributed by atoms with van der Waals surface area (Å²) in [5.41, 5.74) is 1.55. The van der Waals surface area contributed by atoms with Gasteiger partial charge >= 0.3 is 0 Å². The molecule has 2 aromatic rings. The molecule has 0 N–H and O–H groups in total. The van der Waals surface area contributed by atoms with Crippen LogP contribution in [0.1, 0.15) is 35.2 Å². The number of sulfonamides is 1. The molecule has 1 aliphatic rings. The number of ether oxygens (including phenoxy) is 2. The highest BCUT2D eigenvalue weighted by atomic mass is 32.2. The SMILES string of the molecule is COCCN(CCCc1ccccc1)C(=O)c1ccc(OC)c(S(=O)(=O)N2CCCC2)c1. The number of benzene rings is 2. The van der Waals surface area contributed by atoms with Crippen molar-refractivity contribution in [1.82, 2.24) is 9.21 Å². The van der Waals surface area contributed by atoms with Crippen LogP contribution in [0.3, 0.4) is 0 Å². The van der Waals surface area contributed by atoms with Gasteiger partial charge in [0, 0.05) is 38.9 Å². The van der Waals surface area contributed by atoms with E-state index in [1.165, 1.54) is 23.0 Å². The van der Waals surface area contributed by atoms with Crippen molar-refractivity contribution in [3.05, 3.63) is 59.7 Å². The molecule has 174 valence electrons. The predicted molar refractivity (Wildman–Crippen MR) is 124 cm³/mol. The van der Waals surface area contributed by atoms with Crippen LogP contribution in [-0.2, 0) is 21.2 Å². The zero-order valence-electron chi connectivity index (χ0n) is 18.8. The minimum absolute atomic E-state index is 0.0451. The van der Waals surface area contributed by atoms with Crippen molar-refractivity contribution in [3.63, 3.8) is 0 Å². The Balaban J connectivity index is 1.80. The first-order chi connectivity index (χ1) is 15.5. The number of hydrogen-bond donors (Lipinski definition) is 0. The molecule has 0 aliphatic carbocycles. The zero-order chi connectivity index (χ0) is 23.0. The molecule has 0 spiro atoms. The zero-order valence-corrected chi connectivity index (χ0v) is 19.6. The summed E-state index contributed by atoms with van der Waals surface area (Å²) in [4.78, 5) is 15.1. The van der Waals surface area contributed by atoms with Gasteiger partial charge in [0.25, 0.3) is 5.91 Å². The van der Waals surface area contributed by atoms with E-state index in [0.717, 1.165) is 25.7 Å². The van der Waals surface area contributed by atoms with Gasteiger partial charge in [-0.25, -0.2) is 8.42 Å². The molecule has 0 unspecified atom stereocenters. The van der Waals surface area contributed by atoms with Crippen LogP contribution in [-0.4, -0.2) is 70.5 Å². The van der Waals surface area contributed by atoms with E-state index < -0.39 is 10.0 Å². The van der Waals surface area contributed by atoms with Gasteiger partial charge < -0.3 is 14.4 Å². The van der Waals surface area contributed by atoms with Crippen LogP contribution in [0.15, 0.2) is 53.4 Å². The van der Waals surface area contributed by atoms with E-state index in [2.05, 4.69) is 12.1 Å². The summed E-state index contributed by atoms with van der Waals surface area (Å²) in [6.45, 7) is 2.38. The van der Waals surface area contributed by atoms with E-state index in [9.17, 15) is 13.2 Å². The van der Waals surface area contributed by atoms with Crippen LogP contribution in [0, 0.1) is 0 Å². The van der Waals surface area contributed by atoms with E-state index >= 15 is 0 Å². The summed E-state index contributed by atoms with van der Waals surface area (Å²) in [5, 5.41) is 0. The second-order valence-corrected chi connectivity index (χ2v) is 9.76. The Hall–Kier alpha value is -2.42. The monoisotopic (exact) mass is 460 g/mol. The third-order valence-electron chi connectivity index (χ3n) is 5.68. The molecule has 0 bridgehead atoms. The molecule has 1 saturated heterocycles. The van der Waals surface area contributed by atoms with Gasteiger partial charge in [-0.1, -0.05) is 30.3 Å². The van der Waals surface area contributed by atoms with E-state index in [1.54, 1.807) is 24.1 Å². The highest BCUT2D eigenvalue weighted by molar-refractivity contribution is 7.89. The normalized spacial score (nSPS) is 14.4. The lowest BCUT2D eigenvalue weighted by atomic mass is 10.1. The Morgan fingerprint density at radius 2 is 1.75 bits per heavy atom. The third-order valence-corrected chi connectivity index (χ3v) is 7.60. The number of carbonyl (C=O) groups is 1. The average Bonchev–Trinajstić information content (AvgIpc) is 3.37. The third kappa shape index (κ3) is 5.88. The fraction of sp³-hybridized carbons (Fsp3) is 0.458. The number of rotatable bonds is 11. The smallest absolute Gasteiger partial charge is 0.253 e. The summed E-state index contributed by atoms with van der Waals surface area (Å²) < 4.78 is 38.3. The first kappa shape index (κ1) is 24.2. The Labute approximate surface area is 191 Å². The lowest BCUT2D eigenvalue weighted by molar-refractivity contribution is 0.0693. The number of hydrogen-bond acceptors (Lipinski definition) is 5. The van der Waals surface area contributed by atoms with Crippen molar-refractivity contribution in [2.75, 3.05) is 47.0 Å². The first-order valence-corrected chi connectivity index (χ1v) is 12.4. The molecule has 2 aromatic carbocycles. The predicted octanol–water partition coefficient (Wildman–Crippen LogP) is 3.20. The molecule has 1 amide bonds. The van der Waals surface area contributed by atoms with Crippen molar-refractivity contribution < 1.29 is 22.7 Å². The fourth-order valence-corrected chi connectivity index (χ4v) is 5.60. The molecule has 1 aliphatic heterocycles. The molecule has 0 saturated carbocycles. The molecule has 1 fully saturated rings. The summed E-state index contributed by atoms with van der Waals surface area (Å²) in [6, 6.07) is 14.8. The maximum Gasteiger partial charge on any atom is 0.253 e. The van der Waals surface area contributed by atoms with Gasteiger partial charge in [0.15, 0.2) is 0 Å². The topological polar surface area (TPSA) is 76.1 Å². The van der Waals surface area contributed by atoms with Crippen molar-refractivity contribution in [2.24, 2.45) is 0 Å². The molecule has 0 atom stereocenters. The second-order valence-electron chi connectivity index (χ2n) is 7.85. The first-order valence-electron chi connectivity index (χ1n) is 11.0. The molecule has 0 radical (unpaired) electrons. The summed E-state index contributed by atoms with van der Waals surface area (Å²) in [5.74, 6) is 0.0385. The molecule has 8 heteroatoms. The van der Waals surface area contributed by atoms with Crippen LogP contribution < -0.4 is 4.74 Å². The maximum atomic E-state index is 13.3. The van der Waals surface area contributed by atoms with E-state index in [1.807, 2.05) is 18.2 Å². The molecule has 7 nitrogen and oxygen atoms in total. The number of aryl methyl sites for hydroxylation is 1. The lowest BCUT2D eigenvalue weighted by Crippen LogP contribution is -2.35. The van der Waals surface area contributed by atoms with Crippen LogP contribution >= 0.6 is 0 Å². The van der Waals surface area contributed by atoms with E-state index in [0.29, 0.717) is 38.3 Å². The largest absolute Gasteiger partial charge is 0.495 e. The minimum atomic E-state index is -3.72. The number of carbonyl (C=O) groups excluding carboxylic acids is 1. The number of nitrogens with zero attached hydrogens (tertiary/aromatic N) is 2. The maximum absolute atomic E-state index is 13.3. The van der Waals surface area contributed by atoms with Gasteiger partial charge in [-0.2, -0.15) is 4.31 Å². The van der Waals surface area contributed by atoms with E-state index in [-0.39, 0.29) is 16.6 Å². The van der Waals surface area contributed by atoms with Crippen molar-refractivity contribution >= 4 is 15.9 Å². The lowest BCUT2D eigenvalue weighted by Gasteiger charge is -2.24. The Morgan fingerprint density at radius 1 is 1.03 bits per heavy atom. The fourth-order valence-electron chi connectivity index (χ4n) is 3.90. The number of amides is 1. The standard InChI is InChI=1S/C24H32N2O5S/c1-30-18-17-25(14-8-11-20-9-4-3-5-10-20)24(27)21-12-13-22(31-2)23(19-21)32(28,29)26-15-6-7-16-26/h3-5,9-10,12-13,19H,6-8,11,14-18H2,1-2H3. The van der Waals surface area contributed by atoms with Crippen LogP contribution in [0.2, 0.25) is 0 Å². The van der Waals surface area contributed by atoms with Gasteiger partial charge in [0.05, 0.1) is 13.7 Å². The highest BCUT2D eigenvalue weighted by Gasteiger charge is 2.31. The average molecular weight is 461 g/mol. The molecule has 1 heterocycles. The van der Waals surface area contributed by atoms with Crippen LogP contribution in [0.5, 0.6) is 5.75 Å². The van der Waals surface area contributed by atoms with Crippen molar-refractivity contribution in [2.45, 2.75) is 30.6 Å². The highest BCUT2D eigenvalue weighted by Crippen LogP contribution is 2.30. The molecule has 0 aromatic heterocycles. The number of methoxy groups -OCH3 is 2.